The Bertz CT molecular complexity index is 2220. The van der Waals surface area contributed by atoms with Gasteiger partial charge in [0.05, 0.1) is 45.3 Å². The second kappa shape index (κ2) is 10.5. The van der Waals surface area contributed by atoms with E-state index < -0.39 is 0 Å². The van der Waals surface area contributed by atoms with Gasteiger partial charge in [0.2, 0.25) is 0 Å². The Morgan fingerprint density at radius 1 is 0.488 bits per heavy atom. The Kier molecular flexibility index (Phi) is 6.22. The Morgan fingerprint density at radius 2 is 0.977 bits per heavy atom. The predicted octanol–water partition coefficient (Wildman–Crippen LogP) is 8.79. The number of hydrogen-bond acceptors (Lipinski definition) is 4. The van der Waals surface area contributed by atoms with E-state index in [0.29, 0.717) is 22.4 Å². The summed E-state index contributed by atoms with van der Waals surface area (Å²) in [5.74, 6) is 0. The van der Waals surface area contributed by atoms with E-state index in [2.05, 4.69) is 24.3 Å². The molecule has 2 heterocycles. The second-order valence-corrected chi connectivity index (χ2v) is 10.1. The molecule has 7 rings (SSSR count). The highest BCUT2D eigenvalue weighted by Crippen LogP contribution is 2.44. The molecule has 5 aromatic carbocycles. The second-order valence-electron chi connectivity index (χ2n) is 10.1. The molecule has 0 radical (unpaired) electrons. The molecule has 0 amide bonds. The first-order chi connectivity index (χ1) is 21.2. The lowest BCUT2D eigenvalue weighted by molar-refractivity contribution is 1.14. The first-order valence-electron chi connectivity index (χ1n) is 13.7. The van der Waals surface area contributed by atoms with Crippen molar-refractivity contribution in [3.8, 4) is 57.4 Å². The van der Waals surface area contributed by atoms with Gasteiger partial charge in [-0.3, -0.25) is 4.98 Å². The van der Waals surface area contributed by atoms with E-state index in [0.717, 1.165) is 44.2 Å². The van der Waals surface area contributed by atoms with Crippen molar-refractivity contribution in [3.05, 3.63) is 144 Å². The molecule has 198 valence electrons. The monoisotopic (exact) mass is 547 g/mol. The summed E-state index contributed by atoms with van der Waals surface area (Å²) in [6.45, 7) is 0. The normalized spacial score (nSPS) is 10.7. The van der Waals surface area contributed by atoms with Crippen LogP contribution in [-0.4, -0.2) is 9.55 Å². The van der Waals surface area contributed by atoms with Gasteiger partial charge in [-0.1, -0.05) is 109 Å². The van der Waals surface area contributed by atoms with Gasteiger partial charge in [-0.25, -0.2) is 0 Å². The summed E-state index contributed by atoms with van der Waals surface area (Å²) < 4.78 is 1.96. The van der Waals surface area contributed by atoms with E-state index in [9.17, 15) is 15.8 Å². The summed E-state index contributed by atoms with van der Waals surface area (Å²) in [5.41, 5.74) is 7.10. The molecule has 0 aliphatic heterocycles. The van der Waals surface area contributed by atoms with Crippen molar-refractivity contribution in [3.63, 3.8) is 0 Å². The highest BCUT2D eigenvalue weighted by molar-refractivity contribution is 6.11. The maximum absolute atomic E-state index is 10.8. The molecule has 0 saturated heterocycles. The summed E-state index contributed by atoms with van der Waals surface area (Å²) in [7, 11) is 0. The summed E-state index contributed by atoms with van der Waals surface area (Å²) in [5, 5.41) is 34.1. The fourth-order valence-corrected chi connectivity index (χ4v) is 5.95. The predicted molar refractivity (Wildman–Crippen MR) is 169 cm³/mol. The molecule has 0 unspecified atom stereocenters. The molecular weight excluding hydrogens is 526 g/mol. The first-order valence-corrected chi connectivity index (χ1v) is 13.7. The van der Waals surface area contributed by atoms with Gasteiger partial charge in [-0.15, -0.1) is 0 Å². The van der Waals surface area contributed by atoms with Crippen molar-refractivity contribution in [2.45, 2.75) is 0 Å². The number of nitriles is 3. The number of benzene rings is 5. The SMILES string of the molecule is N#Cc1c(-c2ccccc2)c(C#N)c(-n2c3ccccc3c3cc(-c4ccccc4)ncc32)c(C#N)c1-c1ccccc1. The van der Waals surface area contributed by atoms with Crippen molar-refractivity contribution < 1.29 is 0 Å². The number of pyridine rings is 1. The molecule has 5 heteroatoms. The minimum absolute atomic E-state index is 0.258. The Morgan fingerprint density at radius 3 is 1.51 bits per heavy atom. The van der Waals surface area contributed by atoms with Gasteiger partial charge in [0, 0.05) is 27.5 Å². The van der Waals surface area contributed by atoms with Gasteiger partial charge in [-0.05, 0) is 23.3 Å². The lowest BCUT2D eigenvalue weighted by Crippen LogP contribution is -2.08. The molecule has 0 fully saturated rings. The number of rotatable bonds is 4. The van der Waals surface area contributed by atoms with Crippen LogP contribution in [0.2, 0.25) is 0 Å². The van der Waals surface area contributed by atoms with Crippen LogP contribution in [0.3, 0.4) is 0 Å². The zero-order valence-corrected chi connectivity index (χ0v) is 22.9. The fraction of sp³-hybridized carbons (Fsp3) is 0. The molecule has 43 heavy (non-hydrogen) atoms. The van der Waals surface area contributed by atoms with Crippen molar-refractivity contribution in [2.24, 2.45) is 0 Å². The maximum atomic E-state index is 10.8. The zero-order chi connectivity index (χ0) is 29.3. The maximum Gasteiger partial charge on any atom is 0.102 e. The van der Waals surface area contributed by atoms with E-state index in [1.54, 1.807) is 0 Å². The van der Waals surface area contributed by atoms with Crippen molar-refractivity contribution in [1.29, 1.82) is 15.8 Å². The topological polar surface area (TPSA) is 89.2 Å². The highest BCUT2D eigenvalue weighted by atomic mass is 15.0. The molecule has 0 saturated carbocycles. The third-order valence-corrected chi connectivity index (χ3v) is 7.79. The fourth-order valence-electron chi connectivity index (χ4n) is 5.95. The zero-order valence-electron chi connectivity index (χ0n) is 22.9. The van der Waals surface area contributed by atoms with Gasteiger partial charge >= 0.3 is 0 Å². The van der Waals surface area contributed by atoms with Crippen LogP contribution in [0.5, 0.6) is 0 Å². The summed E-state index contributed by atoms with van der Waals surface area (Å²) >= 11 is 0. The minimum atomic E-state index is 0.258. The van der Waals surface area contributed by atoms with Crippen LogP contribution < -0.4 is 0 Å². The third kappa shape index (κ3) is 4.03. The quantitative estimate of drug-likeness (QED) is 0.220. The molecule has 2 aromatic heterocycles. The summed E-state index contributed by atoms with van der Waals surface area (Å²) in [6.07, 6.45) is 1.81. The number of nitrogens with zero attached hydrogens (tertiary/aromatic N) is 5. The molecule has 7 aromatic rings. The smallest absolute Gasteiger partial charge is 0.102 e. The summed E-state index contributed by atoms with van der Waals surface area (Å²) in [4.78, 5) is 4.83. The van der Waals surface area contributed by atoms with Crippen LogP contribution in [-0.2, 0) is 0 Å². The molecule has 0 aliphatic rings. The van der Waals surface area contributed by atoms with Crippen LogP contribution in [0.15, 0.2) is 128 Å². The van der Waals surface area contributed by atoms with Crippen LogP contribution in [0.1, 0.15) is 16.7 Å². The molecule has 5 nitrogen and oxygen atoms in total. The van der Waals surface area contributed by atoms with E-state index in [-0.39, 0.29) is 11.1 Å². The number of fused-ring (bicyclic) bond motifs is 3. The number of para-hydroxylation sites is 1. The van der Waals surface area contributed by atoms with Crippen molar-refractivity contribution in [2.75, 3.05) is 0 Å². The molecule has 0 aliphatic carbocycles. The molecular formula is C38H21N5. The van der Waals surface area contributed by atoms with Crippen LogP contribution in [0.4, 0.5) is 0 Å². The van der Waals surface area contributed by atoms with Crippen LogP contribution >= 0.6 is 0 Å². The third-order valence-electron chi connectivity index (χ3n) is 7.79. The van der Waals surface area contributed by atoms with E-state index in [4.69, 9.17) is 4.98 Å². The van der Waals surface area contributed by atoms with Gasteiger partial charge in [0.25, 0.3) is 0 Å². The van der Waals surface area contributed by atoms with Crippen LogP contribution in [0, 0.1) is 34.0 Å². The first kappa shape index (κ1) is 25.5. The molecule has 0 bridgehead atoms. The van der Waals surface area contributed by atoms with Crippen molar-refractivity contribution >= 4 is 21.8 Å². The molecule has 0 spiro atoms. The van der Waals surface area contributed by atoms with Gasteiger partial charge in [0.1, 0.15) is 18.2 Å². The van der Waals surface area contributed by atoms with E-state index >= 15 is 0 Å². The standard InChI is InChI=1S/C38H21N5/c39-21-30-36(26-14-6-2-7-15-26)31(22-40)38(32(23-41)37(30)27-16-8-3-9-17-27)43-34-19-11-10-18-28(34)29-20-33(42-24-35(29)43)25-12-4-1-5-13-25/h1-20,24H. The van der Waals surface area contributed by atoms with Crippen LogP contribution in [0.25, 0.3) is 61.0 Å². The minimum Gasteiger partial charge on any atom is -0.305 e. The lowest BCUT2D eigenvalue weighted by atomic mass is 9.84. The Hall–Kier alpha value is -6.48. The number of hydrogen-bond donors (Lipinski definition) is 0. The highest BCUT2D eigenvalue weighted by Gasteiger charge is 2.29. The lowest BCUT2D eigenvalue weighted by Gasteiger charge is -2.21. The van der Waals surface area contributed by atoms with E-state index in [1.807, 2.05) is 126 Å². The average Bonchev–Trinajstić information content (AvgIpc) is 3.41. The van der Waals surface area contributed by atoms with E-state index in [1.165, 1.54) is 0 Å². The molecule has 0 N–H and O–H groups in total. The Balaban J connectivity index is 1.69. The molecule has 0 atom stereocenters. The van der Waals surface area contributed by atoms with Gasteiger partial charge < -0.3 is 4.57 Å². The van der Waals surface area contributed by atoms with Gasteiger partial charge in [-0.2, -0.15) is 15.8 Å². The summed E-state index contributed by atoms with van der Waals surface area (Å²) in [6, 6.07) is 46.0. The van der Waals surface area contributed by atoms with Gasteiger partial charge in [0.15, 0.2) is 0 Å². The average molecular weight is 548 g/mol. The number of aromatic nitrogens is 2. The largest absolute Gasteiger partial charge is 0.305 e. The van der Waals surface area contributed by atoms with Crippen molar-refractivity contribution in [1.82, 2.24) is 9.55 Å². The Labute approximate surface area is 248 Å².